The van der Waals surface area contributed by atoms with Crippen molar-refractivity contribution in [1.29, 1.82) is 0 Å². The first-order chi connectivity index (χ1) is 8.00. The predicted molar refractivity (Wildman–Crippen MR) is 67.0 cm³/mol. The minimum atomic E-state index is -0.0993. The van der Waals surface area contributed by atoms with Gasteiger partial charge in [0.05, 0.1) is 13.0 Å². The van der Waals surface area contributed by atoms with Crippen LogP contribution in [0.3, 0.4) is 0 Å². The highest BCUT2D eigenvalue weighted by Crippen LogP contribution is 2.27. The summed E-state index contributed by atoms with van der Waals surface area (Å²) >= 11 is 0. The molecule has 0 spiro atoms. The zero-order valence-corrected chi connectivity index (χ0v) is 10.6. The molecule has 1 fully saturated rings. The normalized spacial score (nSPS) is 23.8. The Morgan fingerprint density at radius 2 is 2.06 bits per heavy atom. The molecule has 0 N–H and O–H groups in total. The van der Waals surface area contributed by atoms with Crippen molar-refractivity contribution in [3.05, 3.63) is 35.9 Å². The summed E-state index contributed by atoms with van der Waals surface area (Å²) in [6.07, 6.45) is 0.321. The van der Waals surface area contributed by atoms with Crippen LogP contribution in [0.25, 0.3) is 0 Å². The van der Waals surface area contributed by atoms with E-state index < -0.39 is 0 Å². The average molecular weight is 233 g/mol. The van der Waals surface area contributed by atoms with Gasteiger partial charge in [0.25, 0.3) is 0 Å². The van der Waals surface area contributed by atoms with Gasteiger partial charge in [-0.3, -0.25) is 9.69 Å². The number of ketones is 1. The molecular formula is C14H19NO2. The summed E-state index contributed by atoms with van der Waals surface area (Å²) in [5.41, 5.74) is 0.774. The standard InChI is InChI=1S/C14H19NO2/c1-14(2)10-17-13(15(14)3)9-12(16)11-7-5-4-6-8-11/h4-8,13H,9-10H2,1-3H3. The molecule has 0 saturated carbocycles. The van der Waals surface area contributed by atoms with Gasteiger partial charge in [0.1, 0.15) is 6.23 Å². The van der Waals surface area contributed by atoms with Crippen LogP contribution in [0.4, 0.5) is 0 Å². The molecule has 3 heteroatoms. The predicted octanol–water partition coefficient (Wildman–Crippen LogP) is 2.33. The third-order valence-corrected chi connectivity index (χ3v) is 3.47. The molecule has 0 aromatic heterocycles. The Balaban J connectivity index is 2.01. The van der Waals surface area contributed by atoms with Gasteiger partial charge in [0.15, 0.2) is 5.78 Å². The van der Waals surface area contributed by atoms with Crippen LogP contribution in [0.1, 0.15) is 30.6 Å². The number of hydrogen-bond acceptors (Lipinski definition) is 3. The Bertz CT molecular complexity index is 400. The number of carbonyl (C=O) groups excluding carboxylic acids is 1. The van der Waals surface area contributed by atoms with Gasteiger partial charge in [-0.25, -0.2) is 0 Å². The Morgan fingerprint density at radius 1 is 1.41 bits per heavy atom. The molecule has 1 aliphatic heterocycles. The summed E-state index contributed by atoms with van der Waals surface area (Å²) in [5, 5.41) is 0. The fourth-order valence-corrected chi connectivity index (χ4v) is 2.00. The first kappa shape index (κ1) is 12.3. The van der Waals surface area contributed by atoms with E-state index in [0.29, 0.717) is 13.0 Å². The molecule has 0 aliphatic carbocycles. The fraction of sp³-hybridized carbons (Fsp3) is 0.500. The molecule has 2 rings (SSSR count). The number of nitrogens with zero attached hydrogens (tertiary/aromatic N) is 1. The van der Waals surface area contributed by atoms with Gasteiger partial charge in [-0.2, -0.15) is 0 Å². The van der Waals surface area contributed by atoms with Crippen LogP contribution >= 0.6 is 0 Å². The molecule has 17 heavy (non-hydrogen) atoms. The smallest absolute Gasteiger partial charge is 0.166 e. The largest absolute Gasteiger partial charge is 0.361 e. The minimum absolute atomic E-state index is 0.0155. The van der Waals surface area contributed by atoms with Crippen molar-refractivity contribution in [3.8, 4) is 0 Å². The number of ether oxygens (including phenoxy) is 1. The van der Waals surface area contributed by atoms with E-state index in [-0.39, 0.29) is 17.6 Å². The fourth-order valence-electron chi connectivity index (χ4n) is 2.00. The van der Waals surface area contributed by atoms with E-state index in [4.69, 9.17) is 4.74 Å². The van der Waals surface area contributed by atoms with Crippen LogP contribution < -0.4 is 0 Å². The van der Waals surface area contributed by atoms with Crippen LogP contribution in [0, 0.1) is 0 Å². The van der Waals surface area contributed by atoms with Gasteiger partial charge in [0, 0.05) is 11.1 Å². The molecule has 1 aliphatic rings. The van der Waals surface area contributed by atoms with E-state index >= 15 is 0 Å². The van der Waals surface area contributed by atoms with Crippen LogP contribution in [-0.2, 0) is 4.74 Å². The van der Waals surface area contributed by atoms with Crippen molar-refractivity contribution < 1.29 is 9.53 Å². The third kappa shape index (κ3) is 2.56. The number of likely N-dealkylation sites (N-methyl/N-ethyl adjacent to an activating group) is 1. The summed E-state index contributed by atoms with van der Waals surface area (Å²) < 4.78 is 5.68. The molecule has 0 amide bonds. The lowest BCUT2D eigenvalue weighted by Crippen LogP contribution is -2.41. The summed E-state index contributed by atoms with van der Waals surface area (Å²) in [6, 6.07) is 9.38. The van der Waals surface area contributed by atoms with Gasteiger partial charge in [-0.05, 0) is 20.9 Å². The van der Waals surface area contributed by atoms with Crippen molar-refractivity contribution in [3.63, 3.8) is 0 Å². The van der Waals surface area contributed by atoms with Crippen LogP contribution in [0.5, 0.6) is 0 Å². The monoisotopic (exact) mass is 233 g/mol. The minimum Gasteiger partial charge on any atom is -0.361 e. The first-order valence-electron chi connectivity index (χ1n) is 5.93. The quantitative estimate of drug-likeness (QED) is 0.750. The lowest BCUT2D eigenvalue weighted by atomic mass is 10.0. The van der Waals surface area contributed by atoms with E-state index in [1.165, 1.54) is 0 Å². The van der Waals surface area contributed by atoms with Gasteiger partial charge >= 0.3 is 0 Å². The van der Waals surface area contributed by atoms with Crippen LogP contribution in [-0.4, -0.2) is 36.1 Å². The highest BCUT2D eigenvalue weighted by Gasteiger charge is 2.38. The molecule has 0 bridgehead atoms. The van der Waals surface area contributed by atoms with Gasteiger partial charge < -0.3 is 4.74 Å². The second-order valence-electron chi connectivity index (χ2n) is 5.18. The van der Waals surface area contributed by atoms with Crippen molar-refractivity contribution in [2.24, 2.45) is 0 Å². The Morgan fingerprint density at radius 3 is 2.59 bits per heavy atom. The highest BCUT2D eigenvalue weighted by atomic mass is 16.5. The van der Waals surface area contributed by atoms with E-state index in [1.54, 1.807) is 0 Å². The summed E-state index contributed by atoms with van der Waals surface area (Å²) in [6.45, 7) is 4.93. The second kappa shape index (κ2) is 4.59. The van der Waals surface area contributed by atoms with E-state index in [0.717, 1.165) is 5.56 Å². The molecule has 0 radical (unpaired) electrons. The molecule has 1 aromatic rings. The van der Waals surface area contributed by atoms with Crippen LogP contribution in [0.2, 0.25) is 0 Å². The second-order valence-corrected chi connectivity index (χ2v) is 5.18. The lowest BCUT2D eigenvalue weighted by molar-refractivity contribution is 0.0329. The SMILES string of the molecule is CN1C(CC(=O)c2ccccc2)OCC1(C)C. The lowest BCUT2D eigenvalue weighted by Gasteiger charge is -2.28. The number of Topliss-reactive ketones (excluding diaryl/α,β-unsaturated/α-hetero) is 1. The summed E-state index contributed by atoms with van der Waals surface area (Å²) in [7, 11) is 2.01. The van der Waals surface area contributed by atoms with E-state index in [1.807, 2.05) is 37.4 Å². The van der Waals surface area contributed by atoms with E-state index in [2.05, 4.69) is 18.7 Å². The Labute approximate surface area is 102 Å². The number of hydrogen-bond donors (Lipinski definition) is 0. The molecule has 92 valence electrons. The van der Waals surface area contributed by atoms with Crippen molar-refractivity contribution >= 4 is 5.78 Å². The average Bonchev–Trinajstić information content (AvgIpc) is 2.57. The maximum absolute atomic E-state index is 12.1. The summed E-state index contributed by atoms with van der Waals surface area (Å²) in [5.74, 6) is 0.139. The van der Waals surface area contributed by atoms with Gasteiger partial charge in [0.2, 0.25) is 0 Å². The molecule has 1 saturated heterocycles. The molecular weight excluding hydrogens is 214 g/mol. The van der Waals surface area contributed by atoms with Crippen molar-refractivity contribution in [2.45, 2.75) is 32.0 Å². The van der Waals surface area contributed by atoms with Gasteiger partial charge in [-0.1, -0.05) is 30.3 Å². The van der Waals surface area contributed by atoms with Crippen molar-refractivity contribution in [1.82, 2.24) is 4.90 Å². The highest BCUT2D eigenvalue weighted by molar-refractivity contribution is 5.96. The van der Waals surface area contributed by atoms with Crippen molar-refractivity contribution in [2.75, 3.05) is 13.7 Å². The van der Waals surface area contributed by atoms with E-state index in [9.17, 15) is 4.79 Å². The first-order valence-corrected chi connectivity index (χ1v) is 5.93. The molecule has 1 unspecified atom stereocenters. The molecule has 1 atom stereocenters. The Hall–Kier alpha value is -1.19. The molecule has 3 nitrogen and oxygen atoms in total. The Kier molecular flexibility index (Phi) is 3.31. The molecule has 1 heterocycles. The van der Waals surface area contributed by atoms with Gasteiger partial charge in [-0.15, -0.1) is 0 Å². The topological polar surface area (TPSA) is 29.5 Å². The zero-order valence-electron chi connectivity index (χ0n) is 10.6. The van der Waals surface area contributed by atoms with Crippen LogP contribution in [0.15, 0.2) is 30.3 Å². The zero-order chi connectivity index (χ0) is 12.5. The number of rotatable bonds is 3. The number of carbonyl (C=O) groups is 1. The molecule has 1 aromatic carbocycles. The maximum Gasteiger partial charge on any atom is 0.166 e. The number of benzene rings is 1. The maximum atomic E-state index is 12.1. The third-order valence-electron chi connectivity index (χ3n) is 3.47. The summed E-state index contributed by atoms with van der Waals surface area (Å²) in [4.78, 5) is 14.2.